The van der Waals surface area contributed by atoms with Gasteiger partial charge in [-0.15, -0.1) is 0 Å². The van der Waals surface area contributed by atoms with Crippen molar-refractivity contribution >= 4 is 17.7 Å². The molecule has 1 spiro atoms. The zero-order chi connectivity index (χ0) is 27.0. The number of epoxide rings is 1. The highest BCUT2D eigenvalue weighted by Gasteiger charge is 2.98. The first-order chi connectivity index (χ1) is 17.1. The van der Waals surface area contributed by atoms with E-state index in [-0.39, 0.29) is 0 Å². The standard InChI is InChI=1S/C27H32O10/c1-21(2)20(30)25(31)22(3,11-8-16(28)33-6)15-7-10-23(4)17(14-9-12-34-13-14)35-19(29)18-26(23,36-18)24(15,5)27(25,32)37-21/h8-9,11-13,15,17-18,31-32H,7,10H2,1-6H3/b11-8-/t15?,17-,18+,22+,23-,24+,25-,26+,27-/m0/s1. The van der Waals surface area contributed by atoms with Crippen molar-refractivity contribution in [3.63, 3.8) is 0 Å². The van der Waals surface area contributed by atoms with Crippen LogP contribution in [0.1, 0.15) is 59.1 Å². The summed E-state index contributed by atoms with van der Waals surface area (Å²) in [5.74, 6) is -5.08. The van der Waals surface area contributed by atoms with Crippen molar-refractivity contribution in [1.82, 2.24) is 0 Å². The van der Waals surface area contributed by atoms with Gasteiger partial charge in [0, 0.05) is 22.5 Å². The Labute approximate surface area is 213 Å². The molecule has 3 saturated heterocycles. The van der Waals surface area contributed by atoms with Crippen LogP contribution in [0, 0.1) is 22.2 Å². The largest absolute Gasteiger partial charge is 0.472 e. The van der Waals surface area contributed by atoms with E-state index in [2.05, 4.69) is 0 Å². The number of esters is 2. The quantitative estimate of drug-likeness (QED) is 0.347. The number of cyclic esters (lactones) is 1. The van der Waals surface area contributed by atoms with Gasteiger partial charge < -0.3 is 33.6 Å². The first-order valence-corrected chi connectivity index (χ1v) is 12.5. The molecule has 0 bridgehead atoms. The molecule has 200 valence electrons. The van der Waals surface area contributed by atoms with Crippen molar-refractivity contribution < 1.29 is 48.0 Å². The number of furan rings is 1. The summed E-state index contributed by atoms with van der Waals surface area (Å²) in [6.45, 7) is 8.27. The molecule has 4 heterocycles. The van der Waals surface area contributed by atoms with Crippen LogP contribution >= 0.6 is 0 Å². The van der Waals surface area contributed by atoms with Gasteiger partial charge in [-0.05, 0) is 38.7 Å². The van der Waals surface area contributed by atoms with Crippen LogP contribution in [0.2, 0.25) is 0 Å². The monoisotopic (exact) mass is 516 g/mol. The third-order valence-corrected chi connectivity index (χ3v) is 10.5. The summed E-state index contributed by atoms with van der Waals surface area (Å²) < 4.78 is 28.4. The van der Waals surface area contributed by atoms with E-state index >= 15 is 0 Å². The number of carbonyl (C=O) groups excluding carboxylic acids is 3. The molecule has 1 aromatic heterocycles. The van der Waals surface area contributed by atoms with E-state index in [9.17, 15) is 24.6 Å². The SMILES string of the molecule is COC(=O)/C=C\[C@]1(C)C2CC[C@@]3(C)[C@H](c4ccoc4)OC(=O)[C@H]4O[C@]43[C@]2(C)[C@]2(O)OC(C)(C)C(=O)[C@@]21O. The van der Waals surface area contributed by atoms with Gasteiger partial charge in [0.05, 0.1) is 25.1 Å². The maximum Gasteiger partial charge on any atom is 0.339 e. The number of hydrogen-bond donors (Lipinski definition) is 2. The molecule has 5 fully saturated rings. The van der Waals surface area contributed by atoms with Crippen LogP contribution in [0.3, 0.4) is 0 Å². The summed E-state index contributed by atoms with van der Waals surface area (Å²) in [5, 5.41) is 25.0. The van der Waals surface area contributed by atoms with Crippen LogP contribution in [0.5, 0.6) is 0 Å². The topological polar surface area (TPSA) is 145 Å². The first-order valence-electron chi connectivity index (χ1n) is 12.5. The van der Waals surface area contributed by atoms with Crippen molar-refractivity contribution in [1.29, 1.82) is 0 Å². The molecule has 37 heavy (non-hydrogen) atoms. The molecule has 5 aliphatic rings. The summed E-state index contributed by atoms with van der Waals surface area (Å²) >= 11 is 0. The molecule has 1 aromatic rings. The van der Waals surface area contributed by atoms with Crippen molar-refractivity contribution in [3.8, 4) is 0 Å². The number of fused-ring (bicyclic) bond motifs is 3. The number of ketones is 1. The van der Waals surface area contributed by atoms with E-state index in [0.29, 0.717) is 18.4 Å². The van der Waals surface area contributed by atoms with E-state index in [0.717, 1.165) is 6.08 Å². The van der Waals surface area contributed by atoms with Crippen molar-refractivity contribution in [3.05, 3.63) is 36.3 Å². The lowest BCUT2D eigenvalue weighted by atomic mass is 9.45. The molecule has 10 heteroatoms. The van der Waals surface area contributed by atoms with E-state index in [1.54, 1.807) is 19.9 Å². The molecule has 3 aliphatic heterocycles. The summed E-state index contributed by atoms with van der Waals surface area (Å²) in [4.78, 5) is 39.3. The Balaban J connectivity index is 1.62. The molecule has 6 rings (SSSR count). The summed E-state index contributed by atoms with van der Waals surface area (Å²) in [7, 11) is 1.23. The Morgan fingerprint density at radius 3 is 2.46 bits per heavy atom. The maximum absolute atomic E-state index is 13.9. The molecular formula is C27H32O10. The Kier molecular flexibility index (Phi) is 4.50. The minimum atomic E-state index is -2.46. The highest BCUT2D eigenvalue weighted by molar-refractivity contribution is 6.00. The van der Waals surface area contributed by atoms with Gasteiger partial charge in [-0.25, -0.2) is 9.59 Å². The zero-order valence-corrected chi connectivity index (χ0v) is 21.7. The molecule has 0 amide bonds. The first kappa shape index (κ1) is 24.8. The molecule has 0 aromatic carbocycles. The van der Waals surface area contributed by atoms with Gasteiger partial charge in [0.1, 0.15) is 17.3 Å². The number of hydrogen-bond acceptors (Lipinski definition) is 10. The summed E-state index contributed by atoms with van der Waals surface area (Å²) in [6, 6.07) is 1.72. The van der Waals surface area contributed by atoms with Gasteiger partial charge in [0.2, 0.25) is 11.6 Å². The molecule has 0 radical (unpaired) electrons. The van der Waals surface area contributed by atoms with E-state index < -0.39 is 74.7 Å². The smallest absolute Gasteiger partial charge is 0.339 e. The van der Waals surface area contributed by atoms with Crippen LogP contribution < -0.4 is 0 Å². The molecule has 2 N–H and O–H groups in total. The van der Waals surface area contributed by atoms with E-state index in [1.807, 2.05) is 6.92 Å². The van der Waals surface area contributed by atoms with Crippen LogP contribution in [0.15, 0.2) is 35.2 Å². The van der Waals surface area contributed by atoms with Crippen molar-refractivity contribution in [2.45, 2.75) is 82.3 Å². The van der Waals surface area contributed by atoms with Gasteiger partial charge in [-0.3, -0.25) is 4.79 Å². The van der Waals surface area contributed by atoms with Crippen LogP contribution in [0.4, 0.5) is 0 Å². The zero-order valence-electron chi connectivity index (χ0n) is 21.7. The van der Waals surface area contributed by atoms with Crippen molar-refractivity contribution in [2.24, 2.45) is 22.2 Å². The summed E-state index contributed by atoms with van der Waals surface area (Å²) in [6.07, 6.45) is 4.68. The second-order valence-corrected chi connectivity index (χ2v) is 12.3. The second kappa shape index (κ2) is 6.72. The molecular weight excluding hydrogens is 484 g/mol. The average Bonchev–Trinajstić information content (AvgIpc) is 3.33. The van der Waals surface area contributed by atoms with Crippen molar-refractivity contribution in [2.75, 3.05) is 7.11 Å². The van der Waals surface area contributed by atoms with Crippen LogP contribution in [0.25, 0.3) is 0 Å². The maximum atomic E-state index is 13.9. The highest BCUT2D eigenvalue weighted by Crippen LogP contribution is 2.84. The lowest BCUT2D eigenvalue weighted by Gasteiger charge is -2.59. The van der Waals surface area contributed by atoms with E-state index in [1.165, 1.54) is 39.6 Å². The van der Waals surface area contributed by atoms with Gasteiger partial charge in [-0.2, -0.15) is 0 Å². The van der Waals surface area contributed by atoms with Gasteiger partial charge in [0.25, 0.3) is 0 Å². The lowest BCUT2D eigenvalue weighted by molar-refractivity contribution is -0.340. The minimum Gasteiger partial charge on any atom is -0.472 e. The van der Waals surface area contributed by atoms with E-state index in [4.69, 9.17) is 23.4 Å². The fraction of sp³-hybridized carbons (Fsp3) is 0.667. The number of methoxy groups -OCH3 is 1. The number of Topliss-reactive ketones (excluding diaryl/α,β-unsaturated/α-hetero) is 1. The fourth-order valence-electron chi connectivity index (χ4n) is 8.82. The molecule has 2 aliphatic carbocycles. The lowest BCUT2D eigenvalue weighted by Crippen LogP contribution is -2.70. The van der Waals surface area contributed by atoms with Crippen LogP contribution in [-0.2, 0) is 33.3 Å². The Morgan fingerprint density at radius 2 is 1.84 bits per heavy atom. The van der Waals surface area contributed by atoms with Crippen LogP contribution in [-0.4, -0.2) is 63.7 Å². The molecule has 10 nitrogen and oxygen atoms in total. The van der Waals surface area contributed by atoms with Gasteiger partial charge in [0.15, 0.2) is 11.7 Å². The molecule has 9 atom stereocenters. The Morgan fingerprint density at radius 1 is 1.14 bits per heavy atom. The third kappa shape index (κ3) is 2.28. The summed E-state index contributed by atoms with van der Waals surface area (Å²) in [5.41, 5.74) is -8.55. The number of carbonyl (C=O) groups is 3. The fourth-order valence-corrected chi connectivity index (χ4v) is 8.82. The Bertz CT molecular complexity index is 1250. The molecule has 1 unspecified atom stereocenters. The number of ether oxygens (including phenoxy) is 4. The number of rotatable bonds is 3. The third-order valence-electron chi connectivity index (χ3n) is 10.5. The second-order valence-electron chi connectivity index (χ2n) is 12.3. The highest BCUT2D eigenvalue weighted by atomic mass is 16.7. The minimum absolute atomic E-state index is 0.403. The van der Waals surface area contributed by atoms with Gasteiger partial charge >= 0.3 is 11.9 Å². The predicted octanol–water partition coefficient (Wildman–Crippen LogP) is 1.98. The Hall–Kier alpha value is -2.53. The number of aliphatic hydroxyl groups is 2. The normalized spacial score (nSPS) is 51.2. The average molecular weight is 517 g/mol. The molecule has 2 saturated carbocycles. The van der Waals surface area contributed by atoms with Gasteiger partial charge in [-0.1, -0.05) is 26.8 Å². The predicted molar refractivity (Wildman–Crippen MR) is 123 cm³/mol.